The fraction of sp³-hybridized carbons (Fsp3) is 0.455. The van der Waals surface area contributed by atoms with Crippen molar-refractivity contribution in [1.82, 2.24) is 0 Å². The van der Waals surface area contributed by atoms with Gasteiger partial charge in [-0.05, 0) is 35.8 Å². The van der Waals surface area contributed by atoms with E-state index in [0.717, 1.165) is 5.92 Å². The largest absolute Gasteiger partial charge is 0.0654 e. The van der Waals surface area contributed by atoms with Crippen LogP contribution in [-0.2, 0) is 5.41 Å². The lowest BCUT2D eigenvalue weighted by atomic mass is 9.84. The number of hydrogen-bond donors (Lipinski definition) is 0. The molecule has 116 valence electrons. The average molecular weight is 292 g/mol. The maximum atomic E-state index is 2.36. The van der Waals surface area contributed by atoms with Gasteiger partial charge in [0.15, 0.2) is 0 Å². The zero-order chi connectivity index (χ0) is 15.4. The van der Waals surface area contributed by atoms with Gasteiger partial charge >= 0.3 is 0 Å². The van der Waals surface area contributed by atoms with E-state index in [1.165, 1.54) is 32.1 Å². The predicted octanol–water partition coefficient (Wildman–Crippen LogP) is 6.33. The molecule has 0 spiro atoms. The highest BCUT2D eigenvalue weighted by Crippen LogP contribution is 2.69. The summed E-state index contributed by atoms with van der Waals surface area (Å²) < 4.78 is 0. The van der Waals surface area contributed by atoms with Crippen LogP contribution in [-0.4, -0.2) is 0 Å². The Morgan fingerprint density at radius 3 is 2.05 bits per heavy atom. The summed E-state index contributed by atoms with van der Waals surface area (Å²) in [6.45, 7) is 4.64. The second-order valence-corrected chi connectivity index (χ2v) is 6.79. The normalized spacial score (nSPS) is 26.8. The van der Waals surface area contributed by atoms with Crippen molar-refractivity contribution < 1.29 is 0 Å². The molecule has 1 fully saturated rings. The maximum absolute atomic E-state index is 2.36. The Bertz CT molecular complexity index is 572. The summed E-state index contributed by atoms with van der Waals surface area (Å²) in [5.74, 6) is 1.52. The highest BCUT2D eigenvalue weighted by atomic mass is 14.7. The van der Waals surface area contributed by atoms with Crippen molar-refractivity contribution in [1.29, 1.82) is 0 Å². The summed E-state index contributed by atoms with van der Waals surface area (Å²) >= 11 is 0. The molecule has 1 saturated carbocycles. The van der Waals surface area contributed by atoms with Gasteiger partial charge < -0.3 is 0 Å². The first-order valence-electron chi connectivity index (χ1n) is 8.95. The Balaban J connectivity index is 2.00. The lowest BCUT2D eigenvalue weighted by molar-refractivity contribution is 0.503. The van der Waals surface area contributed by atoms with Crippen molar-refractivity contribution in [3.05, 3.63) is 71.8 Å². The molecule has 0 heterocycles. The van der Waals surface area contributed by atoms with E-state index >= 15 is 0 Å². The number of unbranched alkanes of at least 4 members (excludes halogenated alkanes) is 1. The molecule has 22 heavy (non-hydrogen) atoms. The van der Waals surface area contributed by atoms with E-state index < -0.39 is 0 Å². The predicted molar refractivity (Wildman–Crippen MR) is 95.2 cm³/mol. The molecule has 0 heteroatoms. The van der Waals surface area contributed by atoms with Crippen LogP contribution in [0.4, 0.5) is 0 Å². The van der Waals surface area contributed by atoms with Crippen LogP contribution in [0.5, 0.6) is 0 Å². The highest BCUT2D eigenvalue weighted by molar-refractivity contribution is 5.45. The van der Waals surface area contributed by atoms with Gasteiger partial charge in [-0.25, -0.2) is 0 Å². The minimum atomic E-state index is 0.384. The van der Waals surface area contributed by atoms with E-state index in [-0.39, 0.29) is 0 Å². The van der Waals surface area contributed by atoms with Crippen LogP contribution >= 0.6 is 0 Å². The Morgan fingerprint density at radius 1 is 0.818 bits per heavy atom. The topological polar surface area (TPSA) is 0 Å². The second-order valence-electron chi connectivity index (χ2n) is 6.79. The number of rotatable bonds is 7. The molecule has 1 aliphatic rings. The zero-order valence-electron chi connectivity index (χ0n) is 14.0. The molecule has 0 aliphatic heterocycles. The van der Waals surface area contributed by atoms with Crippen LogP contribution in [0.25, 0.3) is 0 Å². The van der Waals surface area contributed by atoms with Gasteiger partial charge in [0, 0.05) is 5.41 Å². The summed E-state index contributed by atoms with van der Waals surface area (Å²) in [7, 11) is 0. The minimum Gasteiger partial charge on any atom is -0.0654 e. The molecule has 0 amide bonds. The SMILES string of the molecule is CCCCC1(c2ccccc2)C(CCC)C1c1ccccc1. The van der Waals surface area contributed by atoms with Gasteiger partial charge in [-0.1, -0.05) is 93.8 Å². The smallest absolute Gasteiger partial charge is 0.00589 e. The standard InChI is InChI=1S/C22H28/c1-3-5-17-22(19-15-10-7-11-16-19)20(12-4-2)21(22)18-13-8-6-9-14-18/h6-11,13-16,20-21H,3-5,12,17H2,1-2H3. The van der Waals surface area contributed by atoms with Crippen molar-refractivity contribution in [2.24, 2.45) is 5.92 Å². The molecular formula is C22H28. The first-order chi connectivity index (χ1) is 10.8. The van der Waals surface area contributed by atoms with Gasteiger partial charge in [0.05, 0.1) is 0 Å². The van der Waals surface area contributed by atoms with Gasteiger partial charge in [0.1, 0.15) is 0 Å². The summed E-state index contributed by atoms with van der Waals surface area (Å²) in [5.41, 5.74) is 3.49. The number of benzene rings is 2. The van der Waals surface area contributed by atoms with Gasteiger partial charge in [-0.15, -0.1) is 0 Å². The molecule has 0 nitrogen and oxygen atoms in total. The molecule has 0 radical (unpaired) electrons. The third-order valence-electron chi connectivity index (χ3n) is 5.52. The first kappa shape index (κ1) is 15.3. The fourth-order valence-corrected chi connectivity index (χ4v) is 4.54. The molecule has 3 rings (SSSR count). The quantitative estimate of drug-likeness (QED) is 0.559. The molecule has 3 unspecified atom stereocenters. The van der Waals surface area contributed by atoms with E-state index in [4.69, 9.17) is 0 Å². The molecule has 1 aliphatic carbocycles. The third kappa shape index (κ3) is 2.60. The van der Waals surface area contributed by atoms with Gasteiger partial charge in [-0.2, -0.15) is 0 Å². The molecule has 0 aromatic heterocycles. The van der Waals surface area contributed by atoms with Crippen LogP contribution in [0.3, 0.4) is 0 Å². The van der Waals surface area contributed by atoms with E-state index in [0.29, 0.717) is 11.3 Å². The Hall–Kier alpha value is -1.56. The van der Waals surface area contributed by atoms with Crippen molar-refractivity contribution in [2.45, 2.75) is 57.3 Å². The van der Waals surface area contributed by atoms with E-state index in [1.807, 2.05) is 0 Å². The monoisotopic (exact) mass is 292 g/mol. The van der Waals surface area contributed by atoms with Crippen LogP contribution in [0.2, 0.25) is 0 Å². The Morgan fingerprint density at radius 2 is 1.45 bits per heavy atom. The van der Waals surface area contributed by atoms with E-state index in [9.17, 15) is 0 Å². The maximum Gasteiger partial charge on any atom is 0.00589 e. The molecule has 3 atom stereocenters. The molecule has 2 aromatic rings. The summed E-state index contributed by atoms with van der Waals surface area (Å²) in [6, 6.07) is 22.5. The van der Waals surface area contributed by atoms with Crippen molar-refractivity contribution >= 4 is 0 Å². The summed E-state index contributed by atoms with van der Waals surface area (Å²) in [5, 5.41) is 0. The lowest BCUT2D eigenvalue weighted by Crippen LogP contribution is -2.12. The molecule has 2 aromatic carbocycles. The average Bonchev–Trinajstić information content (AvgIpc) is 3.23. The van der Waals surface area contributed by atoms with Crippen molar-refractivity contribution in [2.75, 3.05) is 0 Å². The molecular weight excluding hydrogens is 264 g/mol. The van der Waals surface area contributed by atoms with Crippen LogP contribution in [0, 0.1) is 5.92 Å². The van der Waals surface area contributed by atoms with E-state index in [2.05, 4.69) is 74.5 Å². The third-order valence-corrected chi connectivity index (χ3v) is 5.52. The van der Waals surface area contributed by atoms with Crippen molar-refractivity contribution in [3.8, 4) is 0 Å². The van der Waals surface area contributed by atoms with Crippen LogP contribution in [0.15, 0.2) is 60.7 Å². The minimum absolute atomic E-state index is 0.384. The summed E-state index contributed by atoms with van der Waals surface area (Å²) in [4.78, 5) is 0. The van der Waals surface area contributed by atoms with Gasteiger partial charge in [-0.3, -0.25) is 0 Å². The number of hydrogen-bond acceptors (Lipinski definition) is 0. The molecule has 0 saturated heterocycles. The summed E-state index contributed by atoms with van der Waals surface area (Å²) in [6.07, 6.45) is 6.58. The van der Waals surface area contributed by atoms with Gasteiger partial charge in [0.2, 0.25) is 0 Å². The van der Waals surface area contributed by atoms with Crippen molar-refractivity contribution in [3.63, 3.8) is 0 Å². The second kappa shape index (κ2) is 6.69. The fourth-order valence-electron chi connectivity index (χ4n) is 4.54. The van der Waals surface area contributed by atoms with Crippen LogP contribution in [0.1, 0.15) is 63.0 Å². The zero-order valence-corrected chi connectivity index (χ0v) is 14.0. The van der Waals surface area contributed by atoms with E-state index in [1.54, 1.807) is 11.1 Å². The Labute approximate surface area is 135 Å². The Kier molecular flexibility index (Phi) is 4.66. The molecule has 0 bridgehead atoms. The van der Waals surface area contributed by atoms with Crippen LogP contribution < -0.4 is 0 Å². The first-order valence-corrected chi connectivity index (χ1v) is 8.95. The molecule has 0 N–H and O–H groups in total. The highest BCUT2D eigenvalue weighted by Gasteiger charge is 2.63. The lowest BCUT2D eigenvalue weighted by Gasteiger charge is -2.19. The van der Waals surface area contributed by atoms with Gasteiger partial charge in [0.25, 0.3) is 0 Å².